The zero-order valence-corrected chi connectivity index (χ0v) is 10.9. The highest BCUT2D eigenvalue weighted by atomic mass is 19.1. The number of rotatable bonds is 4. The quantitative estimate of drug-likeness (QED) is 0.787. The molecule has 1 saturated heterocycles. The van der Waals surface area contributed by atoms with Crippen molar-refractivity contribution in [1.29, 1.82) is 0 Å². The maximum absolute atomic E-state index is 13.7. The van der Waals surface area contributed by atoms with Crippen LogP contribution in [0.1, 0.15) is 23.2 Å². The minimum Gasteiger partial charge on any atom is -0.497 e. The number of ether oxygens (including phenoxy) is 3. The van der Waals surface area contributed by atoms with Crippen LogP contribution in [0.4, 0.5) is 4.39 Å². The third kappa shape index (κ3) is 3.67. The van der Waals surface area contributed by atoms with Gasteiger partial charge in [-0.25, -0.2) is 9.18 Å². The van der Waals surface area contributed by atoms with Gasteiger partial charge in [-0.2, -0.15) is 0 Å². The molecule has 0 atom stereocenters. The highest BCUT2D eigenvalue weighted by molar-refractivity contribution is 5.89. The summed E-state index contributed by atoms with van der Waals surface area (Å²) in [5, 5.41) is 0. The summed E-state index contributed by atoms with van der Waals surface area (Å²) in [4.78, 5) is 11.8. The van der Waals surface area contributed by atoms with E-state index in [0.717, 1.165) is 12.8 Å². The summed E-state index contributed by atoms with van der Waals surface area (Å²) < 4.78 is 28.9. The molecule has 0 amide bonds. The average Bonchev–Trinajstić information content (AvgIpc) is 2.45. The zero-order valence-electron chi connectivity index (χ0n) is 10.9. The minimum absolute atomic E-state index is 0.0622. The molecule has 19 heavy (non-hydrogen) atoms. The molecule has 0 bridgehead atoms. The molecular weight excluding hydrogens is 251 g/mol. The standard InChI is InChI=1S/C14H17FO4/c1-17-11-2-3-12(13(15)8-11)14(16)19-9-10-4-6-18-7-5-10/h2-3,8,10H,4-7,9H2,1H3. The van der Waals surface area contributed by atoms with E-state index in [1.807, 2.05) is 0 Å². The summed E-state index contributed by atoms with van der Waals surface area (Å²) in [5.74, 6) is -0.583. The van der Waals surface area contributed by atoms with Crippen molar-refractivity contribution in [1.82, 2.24) is 0 Å². The number of methoxy groups -OCH3 is 1. The first-order valence-electron chi connectivity index (χ1n) is 6.29. The van der Waals surface area contributed by atoms with Crippen molar-refractivity contribution in [3.8, 4) is 5.75 Å². The van der Waals surface area contributed by atoms with Gasteiger partial charge in [-0.1, -0.05) is 0 Å². The van der Waals surface area contributed by atoms with Gasteiger partial charge in [-0.05, 0) is 30.9 Å². The Morgan fingerprint density at radius 2 is 2.16 bits per heavy atom. The van der Waals surface area contributed by atoms with E-state index >= 15 is 0 Å². The molecule has 5 heteroatoms. The molecule has 2 rings (SSSR count). The number of hydrogen-bond acceptors (Lipinski definition) is 4. The van der Waals surface area contributed by atoms with Crippen molar-refractivity contribution in [3.05, 3.63) is 29.6 Å². The molecule has 0 aromatic heterocycles. The zero-order chi connectivity index (χ0) is 13.7. The second-order valence-electron chi connectivity index (χ2n) is 4.50. The molecule has 0 saturated carbocycles. The van der Waals surface area contributed by atoms with Crippen molar-refractivity contribution in [3.63, 3.8) is 0 Å². The van der Waals surface area contributed by atoms with Gasteiger partial charge < -0.3 is 14.2 Å². The summed E-state index contributed by atoms with van der Waals surface area (Å²) in [6, 6.07) is 4.08. The number of benzene rings is 1. The van der Waals surface area contributed by atoms with Crippen molar-refractivity contribution in [2.24, 2.45) is 5.92 Å². The van der Waals surface area contributed by atoms with E-state index in [2.05, 4.69) is 0 Å². The first-order valence-corrected chi connectivity index (χ1v) is 6.29. The monoisotopic (exact) mass is 268 g/mol. The Morgan fingerprint density at radius 1 is 1.42 bits per heavy atom. The van der Waals surface area contributed by atoms with Gasteiger partial charge in [0.05, 0.1) is 19.3 Å². The van der Waals surface area contributed by atoms with E-state index in [0.29, 0.717) is 31.5 Å². The van der Waals surface area contributed by atoms with Crippen LogP contribution in [0.3, 0.4) is 0 Å². The molecule has 1 aliphatic heterocycles. The highest BCUT2D eigenvalue weighted by Gasteiger charge is 2.18. The normalized spacial score (nSPS) is 16.1. The van der Waals surface area contributed by atoms with Crippen LogP contribution in [0, 0.1) is 11.7 Å². The maximum atomic E-state index is 13.7. The van der Waals surface area contributed by atoms with Gasteiger partial charge in [0.15, 0.2) is 0 Å². The van der Waals surface area contributed by atoms with Gasteiger partial charge in [0.1, 0.15) is 11.6 Å². The minimum atomic E-state index is -0.633. The summed E-state index contributed by atoms with van der Waals surface area (Å²) in [5.41, 5.74) is -0.0622. The number of carbonyl (C=O) groups excluding carboxylic acids is 1. The third-order valence-electron chi connectivity index (χ3n) is 3.19. The Kier molecular flexibility index (Phi) is 4.74. The van der Waals surface area contributed by atoms with E-state index in [1.165, 1.54) is 25.3 Å². The second kappa shape index (κ2) is 6.52. The van der Waals surface area contributed by atoms with Gasteiger partial charge in [0, 0.05) is 19.3 Å². The van der Waals surface area contributed by atoms with Gasteiger partial charge in [0.2, 0.25) is 0 Å². The number of halogens is 1. The Bertz CT molecular complexity index is 441. The summed E-state index contributed by atoms with van der Waals surface area (Å²) >= 11 is 0. The van der Waals surface area contributed by atoms with Crippen molar-refractivity contribution in [2.75, 3.05) is 26.9 Å². The predicted molar refractivity (Wildman–Crippen MR) is 66.8 cm³/mol. The van der Waals surface area contributed by atoms with Crippen LogP contribution < -0.4 is 4.74 Å². The molecule has 0 radical (unpaired) electrons. The van der Waals surface area contributed by atoms with Gasteiger partial charge >= 0.3 is 5.97 Å². The van der Waals surface area contributed by atoms with E-state index in [1.54, 1.807) is 0 Å². The van der Waals surface area contributed by atoms with Gasteiger partial charge in [0.25, 0.3) is 0 Å². The molecule has 0 aliphatic carbocycles. The fraction of sp³-hybridized carbons (Fsp3) is 0.500. The van der Waals surface area contributed by atoms with Crippen LogP contribution in [0.25, 0.3) is 0 Å². The molecule has 1 aliphatic rings. The van der Waals surface area contributed by atoms with Crippen LogP contribution in [-0.4, -0.2) is 32.9 Å². The first kappa shape index (κ1) is 13.8. The highest BCUT2D eigenvalue weighted by Crippen LogP contribution is 2.19. The molecular formula is C14H17FO4. The predicted octanol–water partition coefficient (Wildman–Crippen LogP) is 2.42. The van der Waals surface area contributed by atoms with Crippen molar-refractivity contribution >= 4 is 5.97 Å². The molecule has 104 valence electrons. The van der Waals surface area contributed by atoms with Crippen LogP contribution in [-0.2, 0) is 9.47 Å². The number of carbonyl (C=O) groups is 1. The molecule has 1 aromatic rings. The Balaban J connectivity index is 1.92. The van der Waals surface area contributed by atoms with Gasteiger partial charge in [-0.15, -0.1) is 0 Å². The fourth-order valence-corrected chi connectivity index (χ4v) is 1.97. The lowest BCUT2D eigenvalue weighted by Crippen LogP contribution is -2.22. The summed E-state index contributed by atoms with van der Waals surface area (Å²) in [7, 11) is 1.44. The van der Waals surface area contributed by atoms with Crippen LogP contribution >= 0.6 is 0 Å². The molecule has 0 unspecified atom stereocenters. The second-order valence-corrected chi connectivity index (χ2v) is 4.50. The van der Waals surface area contributed by atoms with Gasteiger partial charge in [-0.3, -0.25) is 0 Å². The molecule has 0 spiro atoms. The van der Waals surface area contributed by atoms with E-state index < -0.39 is 11.8 Å². The smallest absolute Gasteiger partial charge is 0.341 e. The average molecular weight is 268 g/mol. The Morgan fingerprint density at radius 3 is 2.79 bits per heavy atom. The topological polar surface area (TPSA) is 44.8 Å². The molecule has 4 nitrogen and oxygen atoms in total. The van der Waals surface area contributed by atoms with Crippen LogP contribution in [0.15, 0.2) is 18.2 Å². The maximum Gasteiger partial charge on any atom is 0.341 e. The lowest BCUT2D eigenvalue weighted by Gasteiger charge is -2.21. The lowest BCUT2D eigenvalue weighted by molar-refractivity contribution is 0.0182. The fourth-order valence-electron chi connectivity index (χ4n) is 1.97. The first-order chi connectivity index (χ1) is 9.20. The molecule has 1 heterocycles. The van der Waals surface area contributed by atoms with Crippen LogP contribution in [0.2, 0.25) is 0 Å². The third-order valence-corrected chi connectivity index (χ3v) is 3.19. The lowest BCUT2D eigenvalue weighted by atomic mass is 10.0. The van der Waals surface area contributed by atoms with E-state index in [-0.39, 0.29) is 5.56 Å². The number of hydrogen-bond donors (Lipinski definition) is 0. The largest absolute Gasteiger partial charge is 0.497 e. The Hall–Kier alpha value is -1.62. The summed E-state index contributed by atoms with van der Waals surface area (Å²) in [6.45, 7) is 1.70. The van der Waals surface area contributed by atoms with Crippen LogP contribution in [0.5, 0.6) is 5.75 Å². The molecule has 0 N–H and O–H groups in total. The summed E-state index contributed by atoms with van der Waals surface area (Å²) in [6.07, 6.45) is 1.75. The van der Waals surface area contributed by atoms with E-state index in [9.17, 15) is 9.18 Å². The van der Waals surface area contributed by atoms with E-state index in [4.69, 9.17) is 14.2 Å². The molecule has 1 aromatic carbocycles. The van der Waals surface area contributed by atoms with Crippen molar-refractivity contribution < 1.29 is 23.4 Å². The number of esters is 1. The Labute approximate surface area is 111 Å². The van der Waals surface area contributed by atoms with Crippen molar-refractivity contribution in [2.45, 2.75) is 12.8 Å². The SMILES string of the molecule is COc1ccc(C(=O)OCC2CCOCC2)c(F)c1. The molecule has 1 fully saturated rings.